The van der Waals surface area contributed by atoms with Crippen LogP contribution < -0.4 is 5.32 Å². The maximum absolute atomic E-state index is 12.5. The Balaban J connectivity index is 1.87. The predicted molar refractivity (Wildman–Crippen MR) is 95.7 cm³/mol. The fourth-order valence-electron chi connectivity index (χ4n) is 2.81. The van der Waals surface area contributed by atoms with Gasteiger partial charge in [0.1, 0.15) is 12.2 Å². The first kappa shape index (κ1) is 16.3. The van der Waals surface area contributed by atoms with E-state index in [0.29, 0.717) is 5.69 Å². The second-order valence-corrected chi connectivity index (χ2v) is 6.65. The minimum absolute atomic E-state index is 0.0532. The summed E-state index contributed by atoms with van der Waals surface area (Å²) in [5.41, 5.74) is 4.17. The van der Waals surface area contributed by atoms with E-state index < -0.39 is 5.97 Å². The van der Waals surface area contributed by atoms with Crippen LogP contribution in [0.5, 0.6) is 0 Å². The van der Waals surface area contributed by atoms with E-state index in [1.54, 1.807) is 10.6 Å². The number of methoxy groups -OCH3 is 1. The van der Waals surface area contributed by atoms with E-state index in [1.807, 2.05) is 43.5 Å². The van der Waals surface area contributed by atoms with Crippen LogP contribution >= 0.6 is 11.3 Å². The topological polar surface area (TPSA) is 60.3 Å². The largest absolute Gasteiger partial charge is 0.464 e. The highest BCUT2D eigenvalue weighted by atomic mass is 32.1. The molecule has 5 nitrogen and oxygen atoms in total. The first-order valence-electron chi connectivity index (χ1n) is 7.51. The highest BCUT2D eigenvalue weighted by Gasteiger charge is 2.19. The third-order valence-electron chi connectivity index (χ3n) is 3.72. The van der Waals surface area contributed by atoms with Crippen LogP contribution in [0.3, 0.4) is 0 Å². The van der Waals surface area contributed by atoms with Gasteiger partial charge in [0.05, 0.1) is 17.3 Å². The number of hydrogen-bond acceptors (Lipinski definition) is 4. The van der Waals surface area contributed by atoms with Crippen LogP contribution in [0.1, 0.15) is 21.6 Å². The number of nitrogens with zero attached hydrogens (tertiary/aromatic N) is 1. The van der Waals surface area contributed by atoms with E-state index >= 15 is 0 Å². The number of carbonyl (C=O) groups is 2. The molecule has 24 heavy (non-hydrogen) atoms. The Morgan fingerprint density at radius 2 is 1.88 bits per heavy atom. The van der Waals surface area contributed by atoms with Crippen molar-refractivity contribution < 1.29 is 14.3 Å². The number of aromatic nitrogens is 1. The van der Waals surface area contributed by atoms with Gasteiger partial charge in [0.25, 0.3) is 0 Å². The van der Waals surface area contributed by atoms with Gasteiger partial charge in [-0.2, -0.15) is 0 Å². The van der Waals surface area contributed by atoms with Crippen LogP contribution in [-0.2, 0) is 16.1 Å². The number of anilines is 1. The Bertz CT molecular complexity index is 903. The molecule has 0 bridgehead atoms. The lowest BCUT2D eigenvalue weighted by Gasteiger charge is -2.11. The molecule has 1 N–H and O–H groups in total. The van der Waals surface area contributed by atoms with E-state index in [1.165, 1.54) is 18.4 Å². The van der Waals surface area contributed by atoms with Crippen molar-refractivity contribution in [1.82, 2.24) is 4.57 Å². The van der Waals surface area contributed by atoms with Crippen LogP contribution in [0.25, 0.3) is 10.2 Å². The number of aryl methyl sites for hydroxylation is 2. The number of ether oxygens (including phenoxy) is 1. The molecule has 2 heterocycles. The molecule has 3 rings (SSSR count). The number of rotatable bonds is 4. The molecule has 0 spiro atoms. The summed E-state index contributed by atoms with van der Waals surface area (Å²) in [6.07, 6.45) is 0. The van der Waals surface area contributed by atoms with Crippen molar-refractivity contribution in [1.29, 1.82) is 0 Å². The van der Waals surface area contributed by atoms with E-state index in [4.69, 9.17) is 4.74 Å². The quantitative estimate of drug-likeness (QED) is 0.735. The summed E-state index contributed by atoms with van der Waals surface area (Å²) in [5, 5.41) is 4.83. The minimum atomic E-state index is -0.447. The molecule has 0 fully saturated rings. The number of fused-ring (bicyclic) bond motifs is 1. The molecule has 0 atom stereocenters. The van der Waals surface area contributed by atoms with Gasteiger partial charge in [-0.15, -0.1) is 11.3 Å². The van der Waals surface area contributed by atoms with Gasteiger partial charge >= 0.3 is 5.97 Å². The second kappa shape index (κ2) is 6.49. The molecule has 1 aromatic carbocycles. The normalized spacial score (nSPS) is 10.8. The van der Waals surface area contributed by atoms with Crippen molar-refractivity contribution >= 4 is 39.1 Å². The van der Waals surface area contributed by atoms with Crippen LogP contribution in [0.15, 0.2) is 35.7 Å². The van der Waals surface area contributed by atoms with Gasteiger partial charge in [-0.25, -0.2) is 4.79 Å². The number of carbonyl (C=O) groups excluding carboxylic acids is 2. The van der Waals surface area contributed by atoms with Gasteiger partial charge < -0.3 is 14.6 Å². The van der Waals surface area contributed by atoms with Crippen LogP contribution in [0, 0.1) is 13.8 Å². The summed E-state index contributed by atoms with van der Waals surface area (Å²) in [6, 6.07) is 9.54. The second-order valence-electron chi connectivity index (χ2n) is 5.70. The van der Waals surface area contributed by atoms with Gasteiger partial charge in [0.15, 0.2) is 0 Å². The third kappa shape index (κ3) is 3.19. The van der Waals surface area contributed by atoms with E-state index in [9.17, 15) is 9.59 Å². The lowest BCUT2D eigenvalue weighted by Crippen LogP contribution is -2.21. The number of nitrogens with one attached hydrogen (secondary N) is 1. The molecule has 2 aromatic heterocycles. The van der Waals surface area contributed by atoms with Crippen LogP contribution in [0.2, 0.25) is 0 Å². The summed E-state index contributed by atoms with van der Waals surface area (Å²) in [4.78, 5) is 24.4. The number of benzene rings is 1. The van der Waals surface area contributed by atoms with Crippen molar-refractivity contribution in [2.75, 3.05) is 12.4 Å². The lowest BCUT2D eigenvalue weighted by molar-refractivity contribution is -0.116. The molecule has 0 aliphatic rings. The molecule has 0 saturated heterocycles. The Morgan fingerprint density at radius 1 is 1.17 bits per heavy atom. The maximum Gasteiger partial charge on any atom is 0.354 e. The first-order chi connectivity index (χ1) is 11.5. The average Bonchev–Trinajstić information content (AvgIpc) is 3.08. The van der Waals surface area contributed by atoms with Gasteiger partial charge in [0.2, 0.25) is 5.91 Å². The predicted octanol–water partition coefficient (Wildman–Crippen LogP) is 3.74. The minimum Gasteiger partial charge on any atom is -0.464 e. The monoisotopic (exact) mass is 342 g/mol. The lowest BCUT2D eigenvalue weighted by atomic mass is 10.1. The highest BCUT2D eigenvalue weighted by molar-refractivity contribution is 7.17. The molecule has 0 radical (unpaired) electrons. The van der Waals surface area contributed by atoms with Crippen molar-refractivity contribution in [2.24, 2.45) is 0 Å². The zero-order chi connectivity index (χ0) is 17.3. The van der Waals surface area contributed by atoms with Crippen LogP contribution in [0.4, 0.5) is 5.69 Å². The van der Waals surface area contributed by atoms with Crippen molar-refractivity contribution in [3.63, 3.8) is 0 Å². The summed E-state index contributed by atoms with van der Waals surface area (Å²) in [6.45, 7) is 4.02. The van der Waals surface area contributed by atoms with Gasteiger partial charge in [-0.3, -0.25) is 4.79 Å². The number of esters is 1. The fourth-order valence-corrected chi connectivity index (χ4v) is 3.63. The maximum atomic E-state index is 12.5. The molecule has 0 unspecified atom stereocenters. The van der Waals surface area contributed by atoms with Crippen LogP contribution in [-0.4, -0.2) is 23.6 Å². The van der Waals surface area contributed by atoms with Crippen molar-refractivity contribution in [2.45, 2.75) is 20.4 Å². The zero-order valence-electron chi connectivity index (χ0n) is 13.8. The molecular weight excluding hydrogens is 324 g/mol. The average molecular weight is 342 g/mol. The molecule has 0 aliphatic heterocycles. The molecule has 1 amide bonds. The number of hydrogen-bond donors (Lipinski definition) is 1. The van der Waals surface area contributed by atoms with Crippen molar-refractivity contribution in [3.05, 3.63) is 52.5 Å². The van der Waals surface area contributed by atoms with Gasteiger partial charge in [-0.05, 0) is 54.6 Å². The molecule has 124 valence electrons. The summed E-state index contributed by atoms with van der Waals surface area (Å²) in [7, 11) is 1.34. The summed E-state index contributed by atoms with van der Waals surface area (Å²) < 4.78 is 7.46. The van der Waals surface area contributed by atoms with E-state index in [-0.39, 0.29) is 12.5 Å². The Kier molecular flexibility index (Phi) is 4.40. The van der Waals surface area contributed by atoms with Gasteiger partial charge in [-0.1, -0.05) is 6.07 Å². The van der Waals surface area contributed by atoms with Gasteiger partial charge in [0, 0.05) is 5.69 Å². The standard InChI is InChI=1S/C18H18N2O3S/c1-11-6-12(2)8-13(7-11)19-17(21)10-20-14-4-5-24-16(14)9-15(20)18(22)23-3/h4-9H,10H2,1-3H3,(H,19,21). The summed E-state index contributed by atoms with van der Waals surface area (Å²) >= 11 is 1.52. The first-order valence-corrected chi connectivity index (χ1v) is 8.39. The Morgan fingerprint density at radius 3 is 2.54 bits per heavy atom. The Hall–Kier alpha value is -2.60. The fraction of sp³-hybridized carbons (Fsp3) is 0.222. The van der Waals surface area contributed by atoms with Crippen molar-refractivity contribution in [3.8, 4) is 0 Å². The molecular formula is C18H18N2O3S. The number of thiophene rings is 1. The smallest absolute Gasteiger partial charge is 0.354 e. The third-order valence-corrected chi connectivity index (χ3v) is 4.58. The molecule has 3 aromatic rings. The summed E-state index contributed by atoms with van der Waals surface area (Å²) in [5.74, 6) is -0.633. The highest BCUT2D eigenvalue weighted by Crippen LogP contribution is 2.26. The Labute approximate surface area is 143 Å². The number of amides is 1. The molecule has 0 saturated carbocycles. The zero-order valence-corrected chi connectivity index (χ0v) is 14.6. The van der Waals surface area contributed by atoms with E-state index in [0.717, 1.165) is 27.0 Å². The van der Waals surface area contributed by atoms with E-state index in [2.05, 4.69) is 5.32 Å². The molecule has 6 heteroatoms. The SMILES string of the molecule is COC(=O)c1cc2sccc2n1CC(=O)Nc1cc(C)cc(C)c1. The molecule has 0 aliphatic carbocycles.